The summed E-state index contributed by atoms with van der Waals surface area (Å²) in [6, 6.07) is 22.0. The summed E-state index contributed by atoms with van der Waals surface area (Å²) in [5.74, 6) is 0.454. The van der Waals surface area contributed by atoms with Gasteiger partial charge in [0.15, 0.2) is 0 Å². The summed E-state index contributed by atoms with van der Waals surface area (Å²) in [5.41, 5.74) is 4.97. The monoisotopic (exact) mass is 399 g/mol. The van der Waals surface area contributed by atoms with Gasteiger partial charge in [0.05, 0.1) is 0 Å². The molecule has 1 aliphatic carbocycles. The van der Waals surface area contributed by atoms with Crippen molar-refractivity contribution in [2.75, 3.05) is 5.32 Å². The van der Waals surface area contributed by atoms with Gasteiger partial charge in [0.2, 0.25) is 11.8 Å². The average Bonchev–Trinajstić information content (AvgIpc) is 3.29. The summed E-state index contributed by atoms with van der Waals surface area (Å²) in [6.07, 6.45) is 4.46. The number of anilines is 1. The van der Waals surface area contributed by atoms with Crippen LogP contribution < -0.4 is 5.32 Å². The molecule has 5 heteroatoms. The summed E-state index contributed by atoms with van der Waals surface area (Å²) in [5, 5.41) is 12.0. The molecule has 0 amide bonds. The molecule has 150 valence electrons. The second kappa shape index (κ2) is 8.11. The van der Waals surface area contributed by atoms with Crippen molar-refractivity contribution in [1.82, 2.24) is 10.2 Å². The van der Waals surface area contributed by atoms with Crippen LogP contribution >= 0.6 is 0 Å². The van der Waals surface area contributed by atoms with E-state index in [1.807, 2.05) is 48.5 Å². The molecule has 0 fully saturated rings. The van der Waals surface area contributed by atoms with Gasteiger partial charge in [-0.25, -0.2) is 4.39 Å². The van der Waals surface area contributed by atoms with Crippen LogP contribution in [0.4, 0.5) is 10.1 Å². The largest absolute Gasteiger partial charge is 0.418 e. The number of rotatable bonds is 5. The molecule has 1 atom stereocenters. The molecule has 0 saturated carbocycles. The highest BCUT2D eigenvalue weighted by atomic mass is 19.1. The molecule has 1 heterocycles. The topological polar surface area (TPSA) is 51.0 Å². The van der Waals surface area contributed by atoms with Gasteiger partial charge in [0, 0.05) is 16.8 Å². The molecular formula is C25H22FN3O. The Kier molecular flexibility index (Phi) is 5.01. The molecule has 30 heavy (non-hydrogen) atoms. The zero-order chi connectivity index (χ0) is 20.3. The van der Waals surface area contributed by atoms with Crippen LogP contribution in [-0.4, -0.2) is 10.2 Å². The molecule has 4 nitrogen and oxygen atoms in total. The van der Waals surface area contributed by atoms with E-state index in [9.17, 15) is 4.39 Å². The minimum atomic E-state index is -0.579. The maximum absolute atomic E-state index is 14.8. The first-order valence-electron chi connectivity index (χ1n) is 10.3. The highest BCUT2D eigenvalue weighted by Gasteiger charge is 2.25. The minimum absolute atomic E-state index is 0.306. The molecule has 3 aromatic carbocycles. The van der Waals surface area contributed by atoms with E-state index < -0.39 is 6.04 Å². The van der Waals surface area contributed by atoms with Gasteiger partial charge in [0.25, 0.3) is 0 Å². The molecule has 0 spiro atoms. The lowest BCUT2D eigenvalue weighted by molar-refractivity contribution is 0.485. The van der Waals surface area contributed by atoms with Gasteiger partial charge in [-0.15, -0.1) is 10.2 Å². The molecule has 0 bridgehead atoms. The van der Waals surface area contributed by atoms with E-state index >= 15 is 0 Å². The minimum Gasteiger partial charge on any atom is -0.418 e. The Balaban J connectivity index is 1.56. The summed E-state index contributed by atoms with van der Waals surface area (Å²) in [7, 11) is 0. The highest BCUT2D eigenvalue weighted by Crippen LogP contribution is 2.34. The van der Waals surface area contributed by atoms with E-state index in [1.54, 1.807) is 12.1 Å². The van der Waals surface area contributed by atoms with Crippen LogP contribution in [0.25, 0.3) is 11.5 Å². The predicted molar refractivity (Wildman–Crippen MR) is 115 cm³/mol. The zero-order valence-corrected chi connectivity index (χ0v) is 16.5. The van der Waals surface area contributed by atoms with Crippen molar-refractivity contribution < 1.29 is 8.81 Å². The number of hydrogen-bond donors (Lipinski definition) is 1. The number of nitrogens with zero attached hydrogens (tertiary/aromatic N) is 2. The molecule has 1 aliphatic rings. The number of nitrogens with one attached hydrogen (secondary N) is 1. The number of aryl methyl sites for hydroxylation is 1. The molecular weight excluding hydrogens is 377 g/mol. The Hall–Kier alpha value is -3.47. The Morgan fingerprint density at radius 2 is 1.63 bits per heavy atom. The van der Waals surface area contributed by atoms with Crippen molar-refractivity contribution in [3.05, 3.63) is 101 Å². The van der Waals surface area contributed by atoms with Gasteiger partial charge < -0.3 is 9.73 Å². The Morgan fingerprint density at radius 1 is 0.833 bits per heavy atom. The fourth-order valence-electron chi connectivity index (χ4n) is 4.10. The first-order chi connectivity index (χ1) is 14.8. The van der Waals surface area contributed by atoms with Gasteiger partial charge in [-0.3, -0.25) is 0 Å². The van der Waals surface area contributed by atoms with Crippen LogP contribution in [0.2, 0.25) is 0 Å². The van der Waals surface area contributed by atoms with Crippen LogP contribution in [0.1, 0.15) is 41.5 Å². The van der Waals surface area contributed by atoms with Gasteiger partial charge >= 0.3 is 0 Å². The molecule has 5 rings (SSSR count). The normalized spacial score (nSPS) is 14.2. The molecule has 0 saturated heterocycles. The zero-order valence-electron chi connectivity index (χ0n) is 16.5. The lowest BCUT2D eigenvalue weighted by Crippen LogP contribution is -2.17. The fraction of sp³-hybridized carbons (Fsp3) is 0.200. The van der Waals surface area contributed by atoms with Crippen LogP contribution in [0, 0.1) is 5.82 Å². The molecule has 4 aromatic rings. The van der Waals surface area contributed by atoms with Gasteiger partial charge in [0.1, 0.15) is 11.9 Å². The maximum atomic E-state index is 14.8. The molecule has 0 radical (unpaired) electrons. The van der Waals surface area contributed by atoms with Crippen molar-refractivity contribution in [2.24, 2.45) is 0 Å². The van der Waals surface area contributed by atoms with Crippen LogP contribution in [0.3, 0.4) is 0 Å². The standard InChI is InChI=1S/C25H22FN3O/c26-21-15-7-6-14-20(21)23(25-29-28-24(30-25)18-10-2-1-3-11-18)27-22-16-8-12-17-9-4-5-13-19(17)22/h1-3,6-8,10-12,14-16,23,27H,4-5,9,13H2. The smallest absolute Gasteiger partial charge is 0.247 e. The molecule has 1 unspecified atom stereocenters. The third-order valence-corrected chi connectivity index (χ3v) is 5.62. The quantitative estimate of drug-likeness (QED) is 0.450. The lowest BCUT2D eigenvalue weighted by atomic mass is 9.90. The Bertz CT molecular complexity index is 1160. The second-order valence-corrected chi connectivity index (χ2v) is 7.56. The van der Waals surface area contributed by atoms with Crippen LogP contribution in [0.5, 0.6) is 0 Å². The third-order valence-electron chi connectivity index (χ3n) is 5.62. The van der Waals surface area contributed by atoms with Crippen molar-refractivity contribution >= 4 is 5.69 Å². The number of benzene rings is 3. The number of fused-ring (bicyclic) bond motifs is 1. The number of halogens is 1. The van der Waals surface area contributed by atoms with E-state index in [0.717, 1.165) is 30.5 Å². The van der Waals surface area contributed by atoms with E-state index in [-0.39, 0.29) is 5.82 Å². The number of hydrogen-bond acceptors (Lipinski definition) is 4. The summed E-state index contributed by atoms with van der Waals surface area (Å²) in [4.78, 5) is 0. The Morgan fingerprint density at radius 3 is 2.50 bits per heavy atom. The van der Waals surface area contributed by atoms with Crippen molar-refractivity contribution in [2.45, 2.75) is 31.7 Å². The SMILES string of the molecule is Fc1ccccc1C(Nc1cccc2c1CCCC2)c1nnc(-c2ccccc2)o1. The van der Waals surface area contributed by atoms with Gasteiger partial charge in [-0.2, -0.15) is 0 Å². The molecule has 1 aromatic heterocycles. The van der Waals surface area contributed by atoms with Crippen molar-refractivity contribution in [3.63, 3.8) is 0 Å². The van der Waals surface area contributed by atoms with E-state index in [2.05, 4.69) is 21.6 Å². The van der Waals surface area contributed by atoms with Crippen LogP contribution in [0.15, 0.2) is 77.2 Å². The first-order valence-corrected chi connectivity index (χ1v) is 10.3. The van der Waals surface area contributed by atoms with E-state index in [1.165, 1.54) is 23.6 Å². The van der Waals surface area contributed by atoms with Crippen molar-refractivity contribution in [3.8, 4) is 11.5 Å². The predicted octanol–water partition coefficient (Wildman–Crippen LogP) is 5.96. The van der Waals surface area contributed by atoms with Crippen LogP contribution in [-0.2, 0) is 12.8 Å². The van der Waals surface area contributed by atoms with Gasteiger partial charge in [-0.1, -0.05) is 48.5 Å². The Labute approximate surface area is 174 Å². The first kappa shape index (κ1) is 18.6. The fourth-order valence-corrected chi connectivity index (χ4v) is 4.10. The van der Waals surface area contributed by atoms with Gasteiger partial charge in [-0.05, 0) is 61.1 Å². The average molecular weight is 399 g/mol. The maximum Gasteiger partial charge on any atom is 0.247 e. The molecule has 1 N–H and O–H groups in total. The van der Waals surface area contributed by atoms with E-state index in [0.29, 0.717) is 17.3 Å². The summed E-state index contributed by atoms with van der Waals surface area (Å²) in [6.45, 7) is 0. The number of aromatic nitrogens is 2. The third kappa shape index (κ3) is 3.59. The van der Waals surface area contributed by atoms with E-state index in [4.69, 9.17) is 4.42 Å². The lowest BCUT2D eigenvalue weighted by Gasteiger charge is -2.23. The molecule has 0 aliphatic heterocycles. The second-order valence-electron chi connectivity index (χ2n) is 7.56. The summed E-state index contributed by atoms with van der Waals surface area (Å²) < 4.78 is 20.8. The van der Waals surface area contributed by atoms with Crippen molar-refractivity contribution in [1.29, 1.82) is 0 Å². The highest BCUT2D eigenvalue weighted by molar-refractivity contribution is 5.58. The summed E-state index contributed by atoms with van der Waals surface area (Å²) >= 11 is 0.